The van der Waals surface area contributed by atoms with Gasteiger partial charge in [-0.15, -0.1) is 0 Å². The summed E-state index contributed by atoms with van der Waals surface area (Å²) in [6.07, 6.45) is -1.04. The maximum atomic E-state index is 12.7. The summed E-state index contributed by atoms with van der Waals surface area (Å²) in [7, 11) is 0. The van der Waals surface area contributed by atoms with Crippen LogP contribution in [0.4, 0.5) is 13.2 Å². The van der Waals surface area contributed by atoms with Crippen molar-refractivity contribution in [2.24, 2.45) is 0 Å². The quantitative estimate of drug-likeness (QED) is 0.827. The number of alkyl halides is 3. The monoisotopic (exact) mass is 347 g/mol. The first-order valence-corrected chi connectivity index (χ1v) is 8.86. The molecule has 0 radical (unpaired) electrons. The number of hydrogen-bond acceptors (Lipinski definition) is 4. The van der Waals surface area contributed by atoms with Crippen LogP contribution in [0.1, 0.15) is 30.4 Å². The molecule has 1 aromatic carbocycles. The van der Waals surface area contributed by atoms with Gasteiger partial charge in [0.1, 0.15) is 5.60 Å². The van der Waals surface area contributed by atoms with E-state index < -0.39 is 17.3 Å². The van der Waals surface area contributed by atoms with Gasteiger partial charge in [0.25, 0.3) is 0 Å². The van der Waals surface area contributed by atoms with Crippen LogP contribution in [0.2, 0.25) is 0 Å². The molecule has 1 fully saturated rings. The molecule has 1 aromatic rings. The van der Waals surface area contributed by atoms with Gasteiger partial charge < -0.3 is 10.1 Å². The number of carbonyl (C=O) groups excluding carboxylic acids is 1. The zero-order chi connectivity index (χ0) is 16.9. The molecule has 2 rings (SSSR count). The fourth-order valence-corrected chi connectivity index (χ4v) is 3.07. The van der Waals surface area contributed by atoms with E-state index in [2.05, 4.69) is 5.32 Å². The Morgan fingerprint density at radius 3 is 2.39 bits per heavy atom. The summed E-state index contributed by atoms with van der Waals surface area (Å²) in [6.45, 7) is 1.33. The molecule has 0 aliphatic carbocycles. The molecular weight excluding hydrogens is 327 g/mol. The first-order chi connectivity index (χ1) is 10.9. The minimum atomic E-state index is -4.37. The van der Waals surface area contributed by atoms with Crippen molar-refractivity contribution in [2.75, 3.05) is 25.1 Å². The van der Waals surface area contributed by atoms with Gasteiger partial charge in [-0.25, -0.2) is 0 Å². The van der Waals surface area contributed by atoms with Gasteiger partial charge in [0.05, 0.1) is 12.0 Å². The fourth-order valence-electron chi connectivity index (χ4n) is 2.70. The van der Waals surface area contributed by atoms with Gasteiger partial charge in [0.2, 0.25) is 0 Å². The number of hydrogen-bond donors (Lipinski definition) is 1. The molecule has 23 heavy (non-hydrogen) atoms. The predicted molar refractivity (Wildman–Crippen MR) is 84.3 cm³/mol. The number of halogens is 3. The Bertz CT molecular complexity index is 525. The van der Waals surface area contributed by atoms with Crippen LogP contribution in [0.5, 0.6) is 0 Å². The van der Waals surface area contributed by atoms with E-state index in [0.29, 0.717) is 43.7 Å². The van der Waals surface area contributed by atoms with E-state index >= 15 is 0 Å². The molecule has 0 amide bonds. The highest BCUT2D eigenvalue weighted by molar-refractivity contribution is 7.98. The predicted octanol–water partition coefficient (Wildman–Crippen LogP) is 3.58. The summed E-state index contributed by atoms with van der Waals surface area (Å²) in [5.74, 6) is 0.362. The molecule has 0 bridgehead atoms. The minimum Gasteiger partial charge on any atom is -0.454 e. The molecule has 0 aromatic heterocycles. The van der Waals surface area contributed by atoms with E-state index in [0.717, 1.165) is 12.1 Å². The van der Waals surface area contributed by atoms with E-state index in [4.69, 9.17) is 4.74 Å². The standard InChI is InChI=1S/C16H20F3NO2S/c1-23-11-6-14(21)22-15(7-9-20-10-8-15)12-2-4-13(5-3-12)16(17,18)19/h2-5,20H,6-11H2,1H3. The number of ether oxygens (including phenoxy) is 1. The maximum Gasteiger partial charge on any atom is 0.416 e. The molecule has 0 atom stereocenters. The Hall–Kier alpha value is -1.21. The lowest BCUT2D eigenvalue weighted by Crippen LogP contribution is -2.43. The van der Waals surface area contributed by atoms with E-state index in [1.807, 2.05) is 6.26 Å². The highest BCUT2D eigenvalue weighted by Crippen LogP contribution is 2.37. The number of rotatable bonds is 5. The van der Waals surface area contributed by atoms with Crippen molar-refractivity contribution in [1.82, 2.24) is 5.32 Å². The van der Waals surface area contributed by atoms with Crippen molar-refractivity contribution >= 4 is 17.7 Å². The van der Waals surface area contributed by atoms with E-state index in [9.17, 15) is 18.0 Å². The van der Waals surface area contributed by atoms with Crippen LogP contribution < -0.4 is 5.32 Å². The molecule has 128 valence electrons. The van der Waals surface area contributed by atoms with Crippen molar-refractivity contribution < 1.29 is 22.7 Å². The number of thioether (sulfide) groups is 1. The van der Waals surface area contributed by atoms with Crippen LogP contribution in [-0.2, 0) is 21.3 Å². The zero-order valence-corrected chi connectivity index (χ0v) is 13.7. The summed E-state index contributed by atoms with van der Waals surface area (Å²) < 4.78 is 43.8. The fraction of sp³-hybridized carbons (Fsp3) is 0.562. The van der Waals surface area contributed by atoms with Crippen LogP contribution in [0, 0.1) is 0 Å². The molecule has 1 aliphatic rings. The molecule has 1 N–H and O–H groups in total. The number of carbonyl (C=O) groups is 1. The summed E-state index contributed by atoms with van der Waals surface area (Å²) in [6, 6.07) is 4.95. The number of benzene rings is 1. The van der Waals surface area contributed by atoms with Gasteiger partial charge in [-0.05, 0) is 37.0 Å². The molecular formula is C16H20F3NO2S. The number of esters is 1. The van der Waals surface area contributed by atoms with Gasteiger partial charge >= 0.3 is 12.1 Å². The first kappa shape index (κ1) is 18.1. The highest BCUT2D eigenvalue weighted by Gasteiger charge is 2.38. The number of piperidine rings is 1. The molecule has 0 unspecified atom stereocenters. The lowest BCUT2D eigenvalue weighted by molar-refractivity contribution is -0.164. The van der Waals surface area contributed by atoms with E-state index in [-0.39, 0.29) is 5.97 Å². The molecule has 0 spiro atoms. The van der Waals surface area contributed by atoms with Crippen molar-refractivity contribution in [2.45, 2.75) is 31.0 Å². The third-order valence-electron chi connectivity index (χ3n) is 3.97. The first-order valence-electron chi connectivity index (χ1n) is 7.47. The van der Waals surface area contributed by atoms with E-state index in [1.165, 1.54) is 12.1 Å². The second kappa shape index (κ2) is 7.57. The van der Waals surface area contributed by atoms with Crippen molar-refractivity contribution in [3.8, 4) is 0 Å². The highest BCUT2D eigenvalue weighted by atomic mass is 32.2. The van der Waals surface area contributed by atoms with Crippen molar-refractivity contribution in [1.29, 1.82) is 0 Å². The van der Waals surface area contributed by atoms with Gasteiger partial charge in [0, 0.05) is 18.6 Å². The Kier molecular flexibility index (Phi) is 5.97. The third-order valence-corrected chi connectivity index (χ3v) is 4.58. The third kappa shape index (κ3) is 4.64. The Balaban J connectivity index is 2.22. The van der Waals surface area contributed by atoms with Gasteiger partial charge in [-0.2, -0.15) is 24.9 Å². The minimum absolute atomic E-state index is 0.303. The second-order valence-electron chi connectivity index (χ2n) is 5.54. The summed E-state index contributed by atoms with van der Waals surface area (Å²) in [5.41, 5.74) is -0.895. The molecule has 1 aliphatic heterocycles. The summed E-state index contributed by atoms with van der Waals surface area (Å²) >= 11 is 1.55. The average molecular weight is 347 g/mol. The van der Waals surface area contributed by atoms with E-state index in [1.54, 1.807) is 11.8 Å². The SMILES string of the molecule is CSCCC(=O)OC1(c2ccc(C(F)(F)F)cc2)CCNCC1. The van der Waals surface area contributed by atoms with Crippen LogP contribution in [0.3, 0.4) is 0 Å². The largest absolute Gasteiger partial charge is 0.454 e. The average Bonchev–Trinajstić information content (AvgIpc) is 2.53. The zero-order valence-electron chi connectivity index (χ0n) is 12.9. The lowest BCUT2D eigenvalue weighted by atomic mass is 9.84. The van der Waals surface area contributed by atoms with Crippen LogP contribution in [0.25, 0.3) is 0 Å². The van der Waals surface area contributed by atoms with Gasteiger partial charge in [0.15, 0.2) is 0 Å². The van der Waals surface area contributed by atoms with Crippen molar-refractivity contribution in [3.05, 3.63) is 35.4 Å². The molecule has 0 saturated carbocycles. The summed E-state index contributed by atoms with van der Waals surface area (Å²) in [4.78, 5) is 12.0. The lowest BCUT2D eigenvalue weighted by Gasteiger charge is -2.37. The van der Waals surface area contributed by atoms with Crippen LogP contribution >= 0.6 is 11.8 Å². The Morgan fingerprint density at radius 2 is 1.87 bits per heavy atom. The van der Waals surface area contributed by atoms with Crippen LogP contribution in [-0.4, -0.2) is 31.1 Å². The second-order valence-corrected chi connectivity index (χ2v) is 6.52. The van der Waals surface area contributed by atoms with Gasteiger partial charge in [-0.1, -0.05) is 12.1 Å². The summed E-state index contributed by atoms with van der Waals surface area (Å²) in [5, 5.41) is 3.19. The van der Waals surface area contributed by atoms with Gasteiger partial charge in [-0.3, -0.25) is 4.79 Å². The molecule has 7 heteroatoms. The topological polar surface area (TPSA) is 38.3 Å². The number of nitrogens with one attached hydrogen (secondary N) is 1. The smallest absolute Gasteiger partial charge is 0.416 e. The normalized spacial score (nSPS) is 17.7. The van der Waals surface area contributed by atoms with Crippen molar-refractivity contribution in [3.63, 3.8) is 0 Å². The van der Waals surface area contributed by atoms with Crippen LogP contribution in [0.15, 0.2) is 24.3 Å². The molecule has 1 saturated heterocycles. The maximum absolute atomic E-state index is 12.7. The Morgan fingerprint density at radius 1 is 1.26 bits per heavy atom. The Labute approximate surface area is 138 Å². The molecule has 3 nitrogen and oxygen atoms in total. The molecule has 1 heterocycles.